The number of rotatable bonds is 4. The maximum atomic E-state index is 12.4. The van der Waals surface area contributed by atoms with Crippen LogP contribution in [0.5, 0.6) is 0 Å². The molecule has 1 heterocycles. The quantitative estimate of drug-likeness (QED) is 0.707. The Bertz CT molecular complexity index is 1170. The molecule has 9 heteroatoms. The summed E-state index contributed by atoms with van der Waals surface area (Å²) in [5, 5.41) is 12.8. The summed E-state index contributed by atoms with van der Waals surface area (Å²) in [7, 11) is -3.90. The van der Waals surface area contributed by atoms with Crippen molar-refractivity contribution in [3.8, 4) is 0 Å². The van der Waals surface area contributed by atoms with Gasteiger partial charge < -0.3 is 5.32 Å². The number of carbonyl (C=O) groups is 1. The minimum absolute atomic E-state index is 0.0729. The molecule has 0 radical (unpaired) electrons. The molecular weight excluding hydrogens is 356 g/mol. The molecule has 0 aliphatic rings. The molecule has 1 amide bonds. The number of sulfonamides is 1. The Balaban J connectivity index is 1.84. The van der Waals surface area contributed by atoms with Gasteiger partial charge in [-0.1, -0.05) is 24.3 Å². The number of nitrogens with two attached hydrogens (primary N) is 1. The summed E-state index contributed by atoms with van der Waals surface area (Å²) in [4.78, 5) is 24.5. The van der Waals surface area contributed by atoms with Crippen molar-refractivity contribution in [1.29, 1.82) is 0 Å². The highest BCUT2D eigenvalue weighted by atomic mass is 32.2. The van der Waals surface area contributed by atoms with Crippen molar-refractivity contribution in [3.63, 3.8) is 0 Å². The monoisotopic (exact) mass is 372 g/mol. The molecule has 3 aromatic rings. The number of aryl methyl sites for hydroxylation is 1. The highest BCUT2D eigenvalue weighted by Gasteiger charge is 2.14. The van der Waals surface area contributed by atoms with Crippen LogP contribution >= 0.6 is 0 Å². The maximum Gasteiger partial charge on any atom is 0.275 e. The first-order chi connectivity index (χ1) is 12.3. The van der Waals surface area contributed by atoms with E-state index in [2.05, 4.69) is 10.4 Å². The number of primary sulfonamides is 1. The van der Waals surface area contributed by atoms with Gasteiger partial charge in [-0.3, -0.25) is 9.59 Å². The number of amides is 1. The van der Waals surface area contributed by atoms with Crippen molar-refractivity contribution >= 4 is 32.4 Å². The fourth-order valence-corrected chi connectivity index (χ4v) is 3.37. The van der Waals surface area contributed by atoms with Gasteiger partial charge in [0.1, 0.15) is 6.54 Å². The zero-order chi connectivity index (χ0) is 18.9. The van der Waals surface area contributed by atoms with Gasteiger partial charge in [-0.15, -0.1) is 0 Å². The second-order valence-corrected chi connectivity index (χ2v) is 7.30. The third kappa shape index (κ3) is 3.63. The fraction of sp³-hybridized carbons (Fsp3) is 0.118. The summed E-state index contributed by atoms with van der Waals surface area (Å²) in [5.74, 6) is -0.515. The fourth-order valence-electron chi connectivity index (χ4n) is 2.56. The Morgan fingerprint density at radius 3 is 2.69 bits per heavy atom. The number of carbonyl (C=O) groups excluding carboxylic acids is 1. The largest absolute Gasteiger partial charge is 0.324 e. The zero-order valence-electron chi connectivity index (χ0n) is 13.8. The summed E-state index contributed by atoms with van der Waals surface area (Å²) >= 11 is 0. The van der Waals surface area contributed by atoms with Gasteiger partial charge in [-0.25, -0.2) is 18.2 Å². The number of anilines is 1. The first-order valence-corrected chi connectivity index (χ1v) is 9.18. The van der Waals surface area contributed by atoms with E-state index in [0.717, 1.165) is 4.68 Å². The standard InChI is InChI=1S/C17H16N4O4S/c1-11-6-7-13(8-15(11)26(18,24)25)20-16(22)10-21-17(23)14-5-3-2-4-12(14)9-19-21/h2-9H,10H2,1H3,(H,20,22)(H2,18,24,25). The van der Waals surface area contributed by atoms with Crippen LogP contribution < -0.4 is 16.0 Å². The van der Waals surface area contributed by atoms with Crippen LogP contribution in [0.25, 0.3) is 10.8 Å². The van der Waals surface area contributed by atoms with Crippen LogP contribution in [0.1, 0.15) is 5.56 Å². The minimum Gasteiger partial charge on any atom is -0.324 e. The molecule has 0 unspecified atom stereocenters. The van der Waals surface area contributed by atoms with E-state index in [-0.39, 0.29) is 22.7 Å². The average molecular weight is 372 g/mol. The smallest absolute Gasteiger partial charge is 0.275 e. The lowest BCUT2D eigenvalue weighted by atomic mass is 10.2. The Morgan fingerprint density at radius 1 is 1.23 bits per heavy atom. The predicted octanol–water partition coefficient (Wildman–Crippen LogP) is 0.991. The van der Waals surface area contributed by atoms with Gasteiger partial charge in [0, 0.05) is 11.1 Å². The molecule has 3 rings (SSSR count). The molecule has 0 atom stereocenters. The molecule has 0 aliphatic heterocycles. The molecule has 0 saturated heterocycles. The van der Waals surface area contributed by atoms with Gasteiger partial charge in [-0.2, -0.15) is 5.10 Å². The van der Waals surface area contributed by atoms with E-state index in [9.17, 15) is 18.0 Å². The number of aromatic nitrogens is 2. The second kappa shape index (κ2) is 6.70. The lowest BCUT2D eigenvalue weighted by molar-refractivity contribution is -0.117. The summed E-state index contributed by atoms with van der Waals surface area (Å²) in [5.41, 5.74) is 0.351. The van der Waals surface area contributed by atoms with Crippen LogP contribution in [0.15, 0.2) is 58.4 Å². The molecule has 0 aliphatic carbocycles. The van der Waals surface area contributed by atoms with Crippen LogP contribution in [0, 0.1) is 6.92 Å². The highest BCUT2D eigenvalue weighted by Crippen LogP contribution is 2.19. The Labute approximate surface area is 149 Å². The third-order valence-corrected chi connectivity index (χ3v) is 4.89. The van der Waals surface area contributed by atoms with Crippen LogP contribution in [0.4, 0.5) is 5.69 Å². The molecule has 0 fully saturated rings. The summed E-state index contributed by atoms with van der Waals surface area (Å²) in [6.45, 7) is 1.30. The first kappa shape index (κ1) is 17.8. The van der Waals surface area contributed by atoms with Gasteiger partial charge in [0.25, 0.3) is 5.56 Å². The van der Waals surface area contributed by atoms with Crippen molar-refractivity contribution in [2.75, 3.05) is 5.32 Å². The molecule has 0 bridgehead atoms. The summed E-state index contributed by atoms with van der Waals surface area (Å²) in [6.07, 6.45) is 1.51. The van der Waals surface area contributed by atoms with E-state index in [1.54, 1.807) is 37.3 Å². The van der Waals surface area contributed by atoms with Crippen LogP contribution in [0.3, 0.4) is 0 Å². The number of fused-ring (bicyclic) bond motifs is 1. The third-order valence-electron chi connectivity index (χ3n) is 3.83. The Kier molecular flexibility index (Phi) is 4.58. The molecule has 2 aromatic carbocycles. The number of hydrogen-bond donors (Lipinski definition) is 2. The SMILES string of the molecule is Cc1ccc(NC(=O)Cn2ncc3ccccc3c2=O)cc1S(N)(=O)=O. The zero-order valence-corrected chi connectivity index (χ0v) is 14.7. The van der Waals surface area contributed by atoms with Crippen molar-refractivity contribution in [3.05, 3.63) is 64.6 Å². The van der Waals surface area contributed by atoms with Crippen molar-refractivity contribution in [2.45, 2.75) is 18.4 Å². The molecular formula is C17H16N4O4S. The van der Waals surface area contributed by atoms with E-state index in [1.165, 1.54) is 18.3 Å². The Hall–Kier alpha value is -3.04. The van der Waals surface area contributed by atoms with Crippen LogP contribution in [-0.2, 0) is 21.4 Å². The molecule has 3 N–H and O–H groups in total. The van der Waals surface area contributed by atoms with E-state index in [1.807, 2.05) is 0 Å². The lowest BCUT2D eigenvalue weighted by Crippen LogP contribution is -2.29. The topological polar surface area (TPSA) is 124 Å². The van der Waals surface area contributed by atoms with E-state index < -0.39 is 15.9 Å². The van der Waals surface area contributed by atoms with Crippen LogP contribution in [0.2, 0.25) is 0 Å². The van der Waals surface area contributed by atoms with Gasteiger partial charge in [0.05, 0.1) is 16.5 Å². The lowest BCUT2D eigenvalue weighted by Gasteiger charge is -2.10. The predicted molar refractivity (Wildman–Crippen MR) is 97.2 cm³/mol. The first-order valence-electron chi connectivity index (χ1n) is 7.64. The van der Waals surface area contributed by atoms with E-state index in [4.69, 9.17) is 5.14 Å². The number of nitrogens with one attached hydrogen (secondary N) is 1. The van der Waals surface area contributed by atoms with Crippen molar-refractivity contribution in [1.82, 2.24) is 9.78 Å². The van der Waals surface area contributed by atoms with E-state index in [0.29, 0.717) is 16.3 Å². The van der Waals surface area contributed by atoms with E-state index >= 15 is 0 Å². The van der Waals surface area contributed by atoms with Crippen molar-refractivity contribution in [2.24, 2.45) is 5.14 Å². The molecule has 0 spiro atoms. The number of hydrogen-bond acceptors (Lipinski definition) is 5. The molecule has 1 aromatic heterocycles. The number of nitrogens with zero attached hydrogens (tertiary/aromatic N) is 2. The average Bonchev–Trinajstić information content (AvgIpc) is 2.58. The van der Waals surface area contributed by atoms with Gasteiger partial charge in [0.2, 0.25) is 15.9 Å². The molecule has 8 nitrogen and oxygen atoms in total. The molecule has 134 valence electrons. The minimum atomic E-state index is -3.90. The number of benzene rings is 2. The highest BCUT2D eigenvalue weighted by molar-refractivity contribution is 7.89. The molecule has 0 saturated carbocycles. The van der Waals surface area contributed by atoms with Gasteiger partial charge in [0.15, 0.2) is 0 Å². The summed E-state index contributed by atoms with van der Waals surface area (Å²) in [6, 6.07) is 11.3. The van der Waals surface area contributed by atoms with Gasteiger partial charge >= 0.3 is 0 Å². The van der Waals surface area contributed by atoms with Crippen molar-refractivity contribution < 1.29 is 13.2 Å². The second-order valence-electron chi connectivity index (χ2n) is 5.77. The Morgan fingerprint density at radius 2 is 1.96 bits per heavy atom. The normalized spacial score (nSPS) is 11.5. The van der Waals surface area contributed by atoms with Gasteiger partial charge in [-0.05, 0) is 30.7 Å². The summed E-state index contributed by atoms with van der Waals surface area (Å²) < 4.78 is 24.2. The van der Waals surface area contributed by atoms with Crippen LogP contribution in [-0.4, -0.2) is 24.1 Å². The maximum absolute atomic E-state index is 12.4. The molecule has 26 heavy (non-hydrogen) atoms.